The molecule has 166 valence electrons. The highest BCUT2D eigenvalue weighted by atomic mass is 35.5. The van der Waals surface area contributed by atoms with Gasteiger partial charge < -0.3 is 15.7 Å². The summed E-state index contributed by atoms with van der Waals surface area (Å²) in [6, 6.07) is 12.9. The summed E-state index contributed by atoms with van der Waals surface area (Å²) in [4.78, 5) is 41.0. The molecule has 0 aliphatic heterocycles. The molecule has 1 heterocycles. The number of carbonyl (C=O) groups is 2. The van der Waals surface area contributed by atoms with Gasteiger partial charge in [-0.05, 0) is 31.0 Å². The number of aromatic nitrogens is 2. The molecule has 1 aromatic heterocycles. The van der Waals surface area contributed by atoms with E-state index in [0.717, 1.165) is 11.1 Å². The Morgan fingerprint density at radius 3 is 2.47 bits per heavy atom. The van der Waals surface area contributed by atoms with Crippen molar-refractivity contribution in [1.82, 2.24) is 14.9 Å². The minimum Gasteiger partial charge on any atom is -0.481 e. The average Bonchev–Trinajstić information content (AvgIpc) is 2.74. The Labute approximate surface area is 189 Å². The highest BCUT2D eigenvalue weighted by Crippen LogP contribution is 2.18. The molecule has 0 radical (unpaired) electrons. The molecule has 3 rings (SSSR count). The third kappa shape index (κ3) is 5.73. The molecule has 0 bridgehead atoms. The van der Waals surface area contributed by atoms with Crippen LogP contribution in [-0.2, 0) is 11.3 Å². The third-order valence-corrected chi connectivity index (χ3v) is 5.31. The Morgan fingerprint density at radius 1 is 1.12 bits per heavy atom. The number of benzene rings is 2. The molecule has 0 unspecified atom stereocenters. The number of halogens is 1. The Balaban J connectivity index is 1.80. The van der Waals surface area contributed by atoms with Crippen LogP contribution in [0.2, 0.25) is 5.02 Å². The second-order valence-corrected chi connectivity index (χ2v) is 7.77. The number of anilines is 1. The average molecular weight is 455 g/mol. The van der Waals surface area contributed by atoms with Crippen molar-refractivity contribution >= 4 is 29.3 Å². The van der Waals surface area contributed by atoms with E-state index in [-0.39, 0.29) is 18.7 Å². The topological polar surface area (TPSA) is 113 Å². The van der Waals surface area contributed by atoms with Gasteiger partial charge in [0.25, 0.3) is 5.56 Å². The minimum absolute atomic E-state index is 0.0295. The Morgan fingerprint density at radius 2 is 1.81 bits per heavy atom. The van der Waals surface area contributed by atoms with Gasteiger partial charge in [-0.2, -0.15) is 0 Å². The lowest BCUT2D eigenvalue weighted by atomic mass is 10.0. The van der Waals surface area contributed by atoms with E-state index in [4.69, 9.17) is 11.6 Å². The fraction of sp³-hybridized carbons (Fsp3) is 0.217. The number of carboxylic acid groups (broad SMARTS) is 1. The summed E-state index contributed by atoms with van der Waals surface area (Å²) in [6.07, 6.45) is 0.970. The van der Waals surface area contributed by atoms with E-state index in [1.165, 1.54) is 10.8 Å². The summed E-state index contributed by atoms with van der Waals surface area (Å²) in [5, 5.41) is 14.9. The lowest BCUT2D eigenvalue weighted by Crippen LogP contribution is -2.36. The van der Waals surface area contributed by atoms with Crippen LogP contribution in [0.15, 0.2) is 59.5 Å². The van der Waals surface area contributed by atoms with Gasteiger partial charge in [-0.15, -0.1) is 0 Å². The Bertz CT molecular complexity index is 1190. The van der Waals surface area contributed by atoms with E-state index >= 15 is 0 Å². The van der Waals surface area contributed by atoms with Crippen LogP contribution in [0.4, 0.5) is 10.5 Å². The second-order valence-electron chi connectivity index (χ2n) is 7.36. The highest BCUT2D eigenvalue weighted by molar-refractivity contribution is 6.31. The monoisotopic (exact) mass is 454 g/mol. The molecule has 8 nitrogen and oxygen atoms in total. The SMILES string of the molecule is Cc1ccc([C@H](CC(=O)O)NC(=O)Nc2cnc(C)n(Cc3ccccc3Cl)c2=O)cc1. The molecular weight excluding hydrogens is 432 g/mol. The quantitative estimate of drug-likeness (QED) is 0.501. The van der Waals surface area contributed by atoms with E-state index in [2.05, 4.69) is 15.6 Å². The van der Waals surface area contributed by atoms with E-state index in [9.17, 15) is 19.5 Å². The van der Waals surface area contributed by atoms with Crippen LogP contribution in [0, 0.1) is 13.8 Å². The third-order valence-electron chi connectivity index (χ3n) is 4.94. The number of nitrogens with one attached hydrogen (secondary N) is 2. The summed E-state index contributed by atoms with van der Waals surface area (Å²) in [5.41, 5.74) is 1.92. The van der Waals surface area contributed by atoms with Crippen LogP contribution in [0.3, 0.4) is 0 Å². The molecule has 2 amide bonds. The molecule has 0 aliphatic carbocycles. The number of rotatable bonds is 7. The van der Waals surface area contributed by atoms with Gasteiger partial charge in [-0.1, -0.05) is 59.6 Å². The number of aryl methyl sites for hydroxylation is 2. The van der Waals surface area contributed by atoms with Crippen LogP contribution in [0.5, 0.6) is 0 Å². The first-order valence-corrected chi connectivity index (χ1v) is 10.3. The van der Waals surface area contributed by atoms with Gasteiger partial charge in [-0.3, -0.25) is 14.2 Å². The summed E-state index contributed by atoms with van der Waals surface area (Å²) in [5.74, 6) is -0.598. The number of aliphatic carboxylic acids is 1. The van der Waals surface area contributed by atoms with Gasteiger partial charge in [0.15, 0.2) is 0 Å². The van der Waals surface area contributed by atoms with E-state index in [1.54, 1.807) is 37.3 Å². The van der Waals surface area contributed by atoms with Crippen LogP contribution in [0.25, 0.3) is 0 Å². The molecule has 0 aliphatic rings. The van der Waals surface area contributed by atoms with Gasteiger partial charge >= 0.3 is 12.0 Å². The number of nitrogens with zero attached hydrogens (tertiary/aromatic N) is 2. The zero-order chi connectivity index (χ0) is 23.3. The first-order valence-electron chi connectivity index (χ1n) is 9.90. The molecule has 2 aromatic carbocycles. The maximum absolute atomic E-state index is 13.0. The fourth-order valence-corrected chi connectivity index (χ4v) is 3.38. The Kier molecular flexibility index (Phi) is 7.27. The second kappa shape index (κ2) is 10.1. The number of hydrogen-bond acceptors (Lipinski definition) is 4. The Hall–Kier alpha value is -3.65. The van der Waals surface area contributed by atoms with E-state index < -0.39 is 23.6 Å². The number of amides is 2. The van der Waals surface area contributed by atoms with Crippen LogP contribution in [0.1, 0.15) is 35.0 Å². The van der Waals surface area contributed by atoms with Crippen molar-refractivity contribution in [2.24, 2.45) is 0 Å². The van der Waals surface area contributed by atoms with Crippen molar-refractivity contribution in [3.8, 4) is 0 Å². The number of urea groups is 1. The highest BCUT2D eigenvalue weighted by Gasteiger charge is 2.19. The van der Waals surface area contributed by atoms with Gasteiger partial charge in [0.2, 0.25) is 0 Å². The molecule has 0 saturated carbocycles. The summed E-state index contributed by atoms with van der Waals surface area (Å²) in [6.45, 7) is 3.79. The molecule has 32 heavy (non-hydrogen) atoms. The van der Waals surface area contributed by atoms with E-state index in [1.807, 2.05) is 25.1 Å². The van der Waals surface area contributed by atoms with Crippen molar-refractivity contribution in [3.05, 3.63) is 92.6 Å². The van der Waals surface area contributed by atoms with Crippen LogP contribution >= 0.6 is 11.6 Å². The van der Waals surface area contributed by atoms with E-state index in [0.29, 0.717) is 16.4 Å². The van der Waals surface area contributed by atoms with Crippen molar-refractivity contribution < 1.29 is 14.7 Å². The fourth-order valence-electron chi connectivity index (χ4n) is 3.19. The van der Waals surface area contributed by atoms with Crippen LogP contribution < -0.4 is 16.2 Å². The maximum Gasteiger partial charge on any atom is 0.319 e. The minimum atomic E-state index is -1.06. The standard InChI is InChI=1S/C23H23ClN4O4/c1-14-7-9-16(10-8-14)19(11-21(29)30)26-23(32)27-20-12-25-15(2)28(22(20)31)13-17-5-3-4-6-18(17)24/h3-10,12,19H,11,13H2,1-2H3,(H,29,30)(H2,26,27,32)/t19-/m0/s1. The van der Waals surface area contributed by atoms with Crippen LogP contribution in [-0.4, -0.2) is 26.7 Å². The summed E-state index contributed by atoms with van der Waals surface area (Å²) < 4.78 is 1.41. The summed E-state index contributed by atoms with van der Waals surface area (Å²) in [7, 11) is 0. The lowest BCUT2D eigenvalue weighted by molar-refractivity contribution is -0.137. The number of carbonyl (C=O) groups excluding carboxylic acids is 1. The predicted octanol–water partition coefficient (Wildman–Crippen LogP) is 3.90. The molecule has 0 saturated heterocycles. The van der Waals surface area contributed by atoms with Crippen molar-refractivity contribution in [2.75, 3.05) is 5.32 Å². The zero-order valence-corrected chi connectivity index (χ0v) is 18.4. The first kappa shape index (κ1) is 23.0. The molecule has 3 aromatic rings. The molecule has 0 fully saturated rings. The molecule has 0 spiro atoms. The zero-order valence-electron chi connectivity index (χ0n) is 17.6. The molecule has 9 heteroatoms. The van der Waals surface area contributed by atoms with Gasteiger partial charge in [0, 0.05) is 5.02 Å². The summed E-state index contributed by atoms with van der Waals surface area (Å²) >= 11 is 6.21. The van der Waals surface area contributed by atoms with Gasteiger partial charge in [-0.25, -0.2) is 9.78 Å². The van der Waals surface area contributed by atoms with Crippen molar-refractivity contribution in [1.29, 1.82) is 0 Å². The molecule has 3 N–H and O–H groups in total. The maximum atomic E-state index is 13.0. The molecule has 1 atom stereocenters. The largest absolute Gasteiger partial charge is 0.481 e. The molecular formula is C23H23ClN4O4. The first-order chi connectivity index (χ1) is 15.2. The predicted molar refractivity (Wildman–Crippen MR) is 122 cm³/mol. The lowest BCUT2D eigenvalue weighted by Gasteiger charge is -2.18. The number of carboxylic acids is 1. The van der Waals surface area contributed by atoms with Crippen molar-refractivity contribution in [2.45, 2.75) is 32.9 Å². The number of hydrogen-bond donors (Lipinski definition) is 3. The van der Waals surface area contributed by atoms with Gasteiger partial charge in [0.05, 0.1) is 25.2 Å². The van der Waals surface area contributed by atoms with Gasteiger partial charge in [0.1, 0.15) is 11.5 Å². The van der Waals surface area contributed by atoms with Crippen molar-refractivity contribution in [3.63, 3.8) is 0 Å². The smallest absolute Gasteiger partial charge is 0.319 e. The normalized spacial score (nSPS) is 11.6.